The van der Waals surface area contributed by atoms with Crippen molar-refractivity contribution in [1.82, 2.24) is 29.2 Å². The highest BCUT2D eigenvalue weighted by Gasteiger charge is 2.20. The standard InChI is InChI=1S/C24H28BrN7O/c1-15-5-4-6-16(2)22(15)31-14-20(25)21-19(23(31)33)12-26-24(29-21)28-17-11-27-32(13-17)18-7-9-30(3)10-8-18/h5,11-14,18H,4,6-10H2,1-3H3,(H,26,28,29). The van der Waals surface area contributed by atoms with E-state index in [1.54, 1.807) is 17.0 Å². The van der Waals surface area contributed by atoms with E-state index in [4.69, 9.17) is 0 Å². The van der Waals surface area contributed by atoms with Gasteiger partial charge in [0.1, 0.15) is 0 Å². The summed E-state index contributed by atoms with van der Waals surface area (Å²) in [7, 11) is 2.15. The van der Waals surface area contributed by atoms with Crippen LogP contribution in [0.5, 0.6) is 0 Å². The van der Waals surface area contributed by atoms with Crippen molar-refractivity contribution >= 4 is 44.2 Å². The number of pyridine rings is 1. The number of anilines is 2. The smallest absolute Gasteiger partial charge is 0.266 e. The molecular formula is C24H28BrN7O. The van der Waals surface area contributed by atoms with Gasteiger partial charge in [-0.1, -0.05) is 6.08 Å². The summed E-state index contributed by atoms with van der Waals surface area (Å²) in [6, 6.07) is 0.414. The molecule has 5 rings (SSSR count). The number of piperidine rings is 1. The highest BCUT2D eigenvalue weighted by Crippen LogP contribution is 2.30. The van der Waals surface area contributed by atoms with Gasteiger partial charge in [0, 0.05) is 18.6 Å². The van der Waals surface area contributed by atoms with Gasteiger partial charge in [0.25, 0.3) is 5.56 Å². The van der Waals surface area contributed by atoms with Gasteiger partial charge in [0.05, 0.1) is 39.0 Å². The monoisotopic (exact) mass is 509 g/mol. The molecule has 172 valence electrons. The fourth-order valence-electron chi connectivity index (χ4n) is 4.75. The van der Waals surface area contributed by atoms with Crippen LogP contribution in [0.25, 0.3) is 16.6 Å². The number of aromatic nitrogens is 5. The maximum Gasteiger partial charge on any atom is 0.266 e. The molecule has 0 radical (unpaired) electrons. The molecule has 8 nitrogen and oxygen atoms in total. The van der Waals surface area contributed by atoms with E-state index in [1.807, 2.05) is 17.1 Å². The second-order valence-electron chi connectivity index (χ2n) is 9.03. The Hall–Kier alpha value is -2.78. The summed E-state index contributed by atoms with van der Waals surface area (Å²) in [6.07, 6.45) is 13.6. The lowest BCUT2D eigenvalue weighted by molar-refractivity contribution is 0.212. The number of likely N-dealkylation sites (tertiary alicyclic amines) is 1. The molecule has 3 aromatic heterocycles. The largest absolute Gasteiger partial charge is 0.321 e. The first-order valence-corrected chi connectivity index (χ1v) is 12.1. The molecule has 0 atom stereocenters. The summed E-state index contributed by atoms with van der Waals surface area (Å²) in [5.74, 6) is 0.437. The van der Waals surface area contributed by atoms with Crippen molar-refractivity contribution in [3.05, 3.63) is 56.8 Å². The molecule has 0 unspecified atom stereocenters. The van der Waals surface area contributed by atoms with E-state index in [1.165, 1.54) is 5.57 Å². The lowest BCUT2D eigenvalue weighted by Gasteiger charge is -2.28. The first-order valence-electron chi connectivity index (χ1n) is 11.4. The van der Waals surface area contributed by atoms with Crippen molar-refractivity contribution in [2.24, 2.45) is 0 Å². The third-order valence-electron chi connectivity index (χ3n) is 6.62. The molecule has 0 aromatic carbocycles. The normalized spacial score (nSPS) is 18.1. The van der Waals surface area contributed by atoms with Crippen molar-refractivity contribution in [2.75, 3.05) is 25.5 Å². The van der Waals surface area contributed by atoms with Crippen LogP contribution in [0.3, 0.4) is 0 Å². The van der Waals surface area contributed by atoms with Crippen LogP contribution in [-0.2, 0) is 0 Å². The minimum atomic E-state index is -0.112. The number of rotatable bonds is 4. The number of hydrogen-bond acceptors (Lipinski definition) is 6. The predicted molar refractivity (Wildman–Crippen MR) is 135 cm³/mol. The van der Waals surface area contributed by atoms with Crippen LogP contribution >= 0.6 is 15.9 Å². The lowest BCUT2D eigenvalue weighted by Crippen LogP contribution is -2.31. The van der Waals surface area contributed by atoms with Crippen LogP contribution < -0.4 is 10.9 Å². The van der Waals surface area contributed by atoms with E-state index in [0.29, 0.717) is 22.9 Å². The third-order valence-corrected chi connectivity index (χ3v) is 7.20. The fourth-order valence-corrected chi connectivity index (χ4v) is 5.26. The summed E-state index contributed by atoms with van der Waals surface area (Å²) < 4.78 is 4.50. The van der Waals surface area contributed by atoms with E-state index >= 15 is 0 Å². The number of halogens is 1. The Morgan fingerprint density at radius 2 is 1.94 bits per heavy atom. The average molecular weight is 510 g/mol. The Morgan fingerprint density at radius 3 is 2.70 bits per heavy atom. The number of nitrogens with one attached hydrogen (secondary N) is 1. The Bertz CT molecular complexity index is 1330. The summed E-state index contributed by atoms with van der Waals surface area (Å²) >= 11 is 3.63. The zero-order valence-electron chi connectivity index (χ0n) is 19.2. The third kappa shape index (κ3) is 4.27. The van der Waals surface area contributed by atoms with Crippen LogP contribution in [-0.4, -0.2) is 49.4 Å². The quantitative estimate of drug-likeness (QED) is 0.547. The number of allylic oxidation sites excluding steroid dienone is 4. The number of hydrogen-bond donors (Lipinski definition) is 1. The first-order chi connectivity index (χ1) is 15.9. The van der Waals surface area contributed by atoms with Gasteiger partial charge in [0.2, 0.25) is 5.95 Å². The molecule has 2 aliphatic rings. The van der Waals surface area contributed by atoms with Crippen molar-refractivity contribution in [3.63, 3.8) is 0 Å². The Balaban J connectivity index is 1.43. The molecule has 1 aliphatic heterocycles. The van der Waals surface area contributed by atoms with Crippen LogP contribution in [0.4, 0.5) is 11.6 Å². The van der Waals surface area contributed by atoms with Gasteiger partial charge >= 0.3 is 0 Å². The van der Waals surface area contributed by atoms with Crippen molar-refractivity contribution in [1.29, 1.82) is 0 Å². The van der Waals surface area contributed by atoms with Crippen LogP contribution in [0, 0.1) is 0 Å². The maximum atomic E-state index is 13.3. The van der Waals surface area contributed by atoms with Gasteiger partial charge in [-0.3, -0.25) is 14.0 Å². The molecule has 1 saturated heterocycles. The van der Waals surface area contributed by atoms with Crippen LogP contribution in [0.15, 0.2) is 51.3 Å². The molecule has 0 amide bonds. The van der Waals surface area contributed by atoms with Crippen molar-refractivity contribution < 1.29 is 0 Å². The molecule has 33 heavy (non-hydrogen) atoms. The zero-order valence-corrected chi connectivity index (χ0v) is 20.8. The maximum absolute atomic E-state index is 13.3. The minimum Gasteiger partial charge on any atom is -0.321 e. The molecule has 4 heterocycles. The number of nitrogens with zero attached hydrogens (tertiary/aromatic N) is 6. The second-order valence-corrected chi connectivity index (χ2v) is 9.89. The molecule has 0 bridgehead atoms. The van der Waals surface area contributed by atoms with Gasteiger partial charge in [-0.15, -0.1) is 0 Å². The van der Waals surface area contributed by atoms with Gasteiger partial charge in [-0.25, -0.2) is 9.97 Å². The van der Waals surface area contributed by atoms with E-state index in [2.05, 4.69) is 68.2 Å². The van der Waals surface area contributed by atoms with Crippen LogP contribution in [0.1, 0.15) is 45.6 Å². The highest BCUT2D eigenvalue weighted by atomic mass is 79.9. The van der Waals surface area contributed by atoms with Gasteiger partial charge in [-0.05, 0) is 86.7 Å². The topological polar surface area (TPSA) is 80.9 Å². The van der Waals surface area contributed by atoms with Gasteiger partial charge < -0.3 is 10.2 Å². The Labute approximate surface area is 201 Å². The molecule has 0 saturated carbocycles. The van der Waals surface area contributed by atoms with Crippen molar-refractivity contribution in [2.45, 2.75) is 45.6 Å². The summed E-state index contributed by atoms with van der Waals surface area (Å²) in [6.45, 7) is 6.31. The number of fused-ring (bicyclic) bond motifs is 1. The minimum absolute atomic E-state index is 0.112. The first kappa shape index (κ1) is 22.0. The Morgan fingerprint density at radius 1 is 1.15 bits per heavy atom. The zero-order chi connectivity index (χ0) is 23.1. The predicted octanol–water partition coefficient (Wildman–Crippen LogP) is 4.73. The van der Waals surface area contributed by atoms with Crippen LogP contribution in [0.2, 0.25) is 0 Å². The van der Waals surface area contributed by atoms with Gasteiger partial charge in [-0.2, -0.15) is 5.10 Å². The molecule has 3 aromatic rings. The summed E-state index contributed by atoms with van der Waals surface area (Å²) in [5.41, 5.74) is 4.61. The van der Waals surface area contributed by atoms with E-state index < -0.39 is 0 Å². The van der Waals surface area contributed by atoms with E-state index in [9.17, 15) is 4.79 Å². The van der Waals surface area contributed by atoms with E-state index in [-0.39, 0.29) is 5.56 Å². The molecule has 1 aliphatic carbocycles. The van der Waals surface area contributed by atoms with Gasteiger partial charge in [0.15, 0.2) is 0 Å². The molecule has 0 spiro atoms. The van der Waals surface area contributed by atoms with E-state index in [0.717, 1.165) is 60.2 Å². The second kappa shape index (κ2) is 8.87. The highest BCUT2D eigenvalue weighted by molar-refractivity contribution is 9.10. The van der Waals surface area contributed by atoms with Crippen molar-refractivity contribution in [3.8, 4) is 0 Å². The lowest BCUT2D eigenvalue weighted by atomic mass is 9.97. The molecule has 9 heteroatoms. The molecule has 1 N–H and O–H groups in total. The fraction of sp³-hybridized carbons (Fsp3) is 0.417. The molecular weight excluding hydrogens is 482 g/mol. The molecule has 1 fully saturated rings. The summed E-state index contributed by atoms with van der Waals surface area (Å²) in [5, 5.41) is 8.26. The summed E-state index contributed by atoms with van der Waals surface area (Å²) in [4.78, 5) is 24.7. The average Bonchev–Trinajstić information content (AvgIpc) is 3.26. The SMILES string of the molecule is CC1=CCCC(C)=C1n1cc(Br)c2nc(Nc3cnn(C4CCN(C)CC4)c3)ncc2c1=O. The Kier molecular flexibility index (Phi) is 5.92.